The first kappa shape index (κ1) is 19.5. The molecule has 2 saturated heterocycles. The van der Waals surface area contributed by atoms with Gasteiger partial charge < -0.3 is 10.1 Å². The van der Waals surface area contributed by atoms with E-state index in [0.717, 1.165) is 25.1 Å². The molecule has 2 fully saturated rings. The molecule has 4 rings (SSSR count). The third-order valence-corrected chi connectivity index (χ3v) is 5.16. The number of hydrogen-bond donors (Lipinski definition) is 3. The molecular weight excluding hydrogens is 399 g/mol. The van der Waals surface area contributed by atoms with Crippen molar-refractivity contribution >= 4 is 23.2 Å². The summed E-state index contributed by atoms with van der Waals surface area (Å²) in [4.78, 5) is 14.6. The van der Waals surface area contributed by atoms with Crippen molar-refractivity contribution in [2.45, 2.75) is 25.1 Å². The van der Waals surface area contributed by atoms with Crippen LogP contribution in [0.4, 0.5) is 18.9 Å². The Kier molecular flexibility index (Phi) is 5.23. The zero-order valence-corrected chi connectivity index (χ0v) is 15.5. The van der Waals surface area contributed by atoms with Crippen molar-refractivity contribution in [2.24, 2.45) is 0 Å². The summed E-state index contributed by atoms with van der Waals surface area (Å²) in [6.45, 7) is 2.72. The second kappa shape index (κ2) is 7.53. The minimum absolute atomic E-state index is 0.0700. The topological polar surface area (TPSA) is 68.9 Å². The minimum atomic E-state index is -4.47. The minimum Gasteiger partial charge on any atom is -0.380 e. The Morgan fingerprint density at radius 1 is 1.21 bits per heavy atom. The maximum atomic E-state index is 12.8. The van der Waals surface area contributed by atoms with Gasteiger partial charge in [0.2, 0.25) is 0 Å². The van der Waals surface area contributed by atoms with Crippen molar-refractivity contribution < 1.29 is 22.7 Å². The zero-order chi connectivity index (χ0) is 19.9. The first-order valence-electron chi connectivity index (χ1n) is 8.85. The third-order valence-electron chi connectivity index (χ3n) is 4.86. The molecule has 152 valence electrons. The van der Waals surface area contributed by atoms with Crippen LogP contribution >= 0.6 is 11.6 Å². The Labute approximate surface area is 164 Å². The molecule has 1 aromatic rings. The number of nitrogens with zero attached hydrogens (tertiary/aromatic N) is 2. The number of ether oxygens (including phenoxy) is 1. The predicted octanol–water partition coefficient (Wildman–Crippen LogP) is 1.62. The van der Waals surface area contributed by atoms with Crippen molar-refractivity contribution in [1.29, 1.82) is 0 Å². The molecule has 3 N–H and O–H groups in total. The molecule has 0 radical (unpaired) electrons. The number of alkyl halides is 3. The molecule has 3 aliphatic heterocycles. The summed E-state index contributed by atoms with van der Waals surface area (Å²) >= 11 is 6.06. The number of hydrazine groups is 1. The van der Waals surface area contributed by atoms with Crippen molar-refractivity contribution in [3.63, 3.8) is 0 Å². The van der Waals surface area contributed by atoms with Crippen LogP contribution < -0.4 is 21.1 Å². The summed E-state index contributed by atoms with van der Waals surface area (Å²) in [6.07, 6.45) is -2.93. The molecule has 0 spiro atoms. The molecule has 2 unspecified atom stereocenters. The van der Waals surface area contributed by atoms with Gasteiger partial charge in [0.25, 0.3) is 5.91 Å². The van der Waals surface area contributed by atoms with Crippen LogP contribution in [0.1, 0.15) is 12.0 Å². The normalized spacial score (nSPS) is 26.5. The average Bonchev–Trinajstić information content (AvgIpc) is 2.88. The van der Waals surface area contributed by atoms with E-state index in [1.165, 1.54) is 17.3 Å². The molecule has 0 bridgehead atoms. The van der Waals surface area contributed by atoms with Gasteiger partial charge in [-0.3, -0.25) is 20.0 Å². The lowest BCUT2D eigenvalue weighted by molar-refractivity contribution is -0.137. The predicted molar refractivity (Wildman–Crippen MR) is 96.0 cm³/mol. The van der Waals surface area contributed by atoms with Gasteiger partial charge in [0, 0.05) is 25.9 Å². The van der Waals surface area contributed by atoms with E-state index in [-0.39, 0.29) is 17.2 Å². The summed E-state index contributed by atoms with van der Waals surface area (Å²) in [6, 6.07) is 3.09. The van der Waals surface area contributed by atoms with E-state index in [1.54, 1.807) is 0 Å². The third kappa shape index (κ3) is 3.83. The molecule has 28 heavy (non-hydrogen) atoms. The van der Waals surface area contributed by atoms with Gasteiger partial charge in [0.05, 0.1) is 28.5 Å². The second-order valence-corrected chi connectivity index (χ2v) is 7.13. The Morgan fingerprint density at radius 3 is 2.79 bits per heavy atom. The number of halogens is 4. The van der Waals surface area contributed by atoms with Crippen LogP contribution in [0.2, 0.25) is 5.02 Å². The van der Waals surface area contributed by atoms with Gasteiger partial charge >= 0.3 is 6.18 Å². The van der Waals surface area contributed by atoms with Crippen LogP contribution in [0.5, 0.6) is 0 Å². The lowest BCUT2D eigenvalue weighted by Crippen LogP contribution is -2.67. The van der Waals surface area contributed by atoms with E-state index in [0.29, 0.717) is 31.0 Å². The molecule has 0 aromatic heterocycles. The number of rotatable bonds is 2. The Bertz CT molecular complexity index is 795. The van der Waals surface area contributed by atoms with Crippen LogP contribution in [0.3, 0.4) is 0 Å². The average molecular weight is 418 g/mol. The summed E-state index contributed by atoms with van der Waals surface area (Å²) in [5, 5.41) is 7.59. The molecule has 3 heterocycles. The van der Waals surface area contributed by atoms with Crippen molar-refractivity contribution in [2.75, 3.05) is 31.3 Å². The number of amides is 1. The highest BCUT2D eigenvalue weighted by Gasteiger charge is 2.39. The number of carbonyl (C=O) groups excluding carboxylic acids is 1. The van der Waals surface area contributed by atoms with E-state index in [9.17, 15) is 18.0 Å². The van der Waals surface area contributed by atoms with Gasteiger partial charge in [-0.15, -0.1) is 0 Å². The quantitative estimate of drug-likeness (QED) is 0.679. The summed E-state index contributed by atoms with van der Waals surface area (Å²) in [7, 11) is 0. The van der Waals surface area contributed by atoms with Crippen LogP contribution in [0.15, 0.2) is 30.0 Å². The first-order valence-corrected chi connectivity index (χ1v) is 9.23. The monoisotopic (exact) mass is 417 g/mol. The maximum Gasteiger partial charge on any atom is 0.416 e. The number of fused-ring (bicyclic) bond motifs is 1. The number of nitrogens with one attached hydrogen (secondary N) is 3. The zero-order valence-electron chi connectivity index (χ0n) is 14.7. The van der Waals surface area contributed by atoms with Gasteiger partial charge in [-0.05, 0) is 24.6 Å². The van der Waals surface area contributed by atoms with Crippen LogP contribution in [-0.2, 0) is 15.7 Å². The molecule has 11 heteroatoms. The van der Waals surface area contributed by atoms with Gasteiger partial charge in [-0.2, -0.15) is 13.2 Å². The number of hydrogen-bond acceptors (Lipinski definition) is 6. The van der Waals surface area contributed by atoms with E-state index < -0.39 is 17.9 Å². The molecule has 0 aliphatic carbocycles. The fraction of sp³-hybridized carbons (Fsp3) is 0.471. The highest BCUT2D eigenvalue weighted by molar-refractivity contribution is 6.33. The van der Waals surface area contributed by atoms with Gasteiger partial charge in [0.15, 0.2) is 0 Å². The van der Waals surface area contributed by atoms with E-state index in [1.807, 2.05) is 0 Å². The molecule has 0 saturated carbocycles. The highest BCUT2D eigenvalue weighted by atomic mass is 35.5. The van der Waals surface area contributed by atoms with Crippen LogP contribution in [0, 0.1) is 0 Å². The van der Waals surface area contributed by atoms with Gasteiger partial charge in [-0.1, -0.05) is 11.6 Å². The second-order valence-electron chi connectivity index (χ2n) is 6.73. The van der Waals surface area contributed by atoms with Crippen molar-refractivity contribution in [3.8, 4) is 0 Å². The fourth-order valence-electron chi connectivity index (χ4n) is 3.42. The number of benzene rings is 1. The van der Waals surface area contributed by atoms with E-state index >= 15 is 0 Å². The molecule has 1 aromatic carbocycles. The van der Waals surface area contributed by atoms with Crippen LogP contribution in [0.25, 0.3) is 0 Å². The maximum absolute atomic E-state index is 12.8. The Morgan fingerprint density at radius 2 is 2.04 bits per heavy atom. The number of anilines is 1. The summed E-state index contributed by atoms with van der Waals surface area (Å²) in [5.41, 5.74) is 2.99. The highest BCUT2D eigenvalue weighted by Crippen LogP contribution is 2.36. The first-order chi connectivity index (χ1) is 13.3. The molecular formula is C17H19ClF3N5O2. The molecule has 1 amide bonds. The van der Waals surface area contributed by atoms with E-state index in [2.05, 4.69) is 21.0 Å². The Hall–Kier alpha value is -1.85. The van der Waals surface area contributed by atoms with Gasteiger partial charge in [0.1, 0.15) is 12.5 Å². The van der Waals surface area contributed by atoms with Crippen molar-refractivity contribution in [1.82, 2.24) is 21.0 Å². The smallest absolute Gasteiger partial charge is 0.380 e. The SMILES string of the molecule is O=C1NC(N2CCCOCC2)NC2NN(c3ccc(C(F)(F)F)cc3Cl)C=C12. The molecule has 2 atom stereocenters. The Balaban J connectivity index is 1.50. The number of carbonyl (C=O) groups is 1. The molecule has 3 aliphatic rings. The largest absolute Gasteiger partial charge is 0.416 e. The van der Waals surface area contributed by atoms with Crippen molar-refractivity contribution in [3.05, 3.63) is 40.6 Å². The van der Waals surface area contributed by atoms with Gasteiger partial charge in [-0.25, -0.2) is 5.43 Å². The summed E-state index contributed by atoms with van der Waals surface area (Å²) in [5.74, 6) is -0.253. The van der Waals surface area contributed by atoms with E-state index in [4.69, 9.17) is 16.3 Å². The fourth-order valence-corrected chi connectivity index (χ4v) is 3.69. The standard InChI is InChI=1S/C17H19ClF3N5O2/c18-12-8-10(17(19,20)21)2-3-13(12)26-9-11-14(24-26)22-16(23-15(11)27)25-4-1-6-28-7-5-25/h2-3,8-9,14,16,22,24H,1,4-7H2,(H,23,27). The molecule has 7 nitrogen and oxygen atoms in total. The summed E-state index contributed by atoms with van der Waals surface area (Å²) < 4.78 is 44.0. The van der Waals surface area contributed by atoms with Crippen LogP contribution in [-0.4, -0.2) is 49.6 Å². The lowest BCUT2D eigenvalue weighted by atomic mass is 10.1. The lowest BCUT2D eigenvalue weighted by Gasteiger charge is -2.37.